The molecule has 2 amide bonds. The zero-order valence-electron chi connectivity index (χ0n) is 13.4. The van der Waals surface area contributed by atoms with Gasteiger partial charge in [-0.05, 0) is 36.5 Å². The van der Waals surface area contributed by atoms with E-state index < -0.39 is 21.8 Å². The molecule has 0 N–H and O–H groups in total. The van der Waals surface area contributed by atoms with Crippen LogP contribution < -0.4 is 0 Å². The zero-order chi connectivity index (χ0) is 16.9. The Bertz CT molecular complexity index is 777. The number of nitrogens with zero attached hydrogens (tertiary/aromatic N) is 2. The van der Waals surface area contributed by atoms with Crippen molar-refractivity contribution in [3.05, 3.63) is 29.3 Å². The number of benzene rings is 1. The minimum Gasteiger partial charge on any atom is -0.277 e. The number of piperidine rings is 1. The molecule has 2 aliphatic rings. The summed E-state index contributed by atoms with van der Waals surface area (Å²) in [4.78, 5) is 25.0. The van der Waals surface area contributed by atoms with Gasteiger partial charge in [-0.2, -0.15) is 4.31 Å². The van der Waals surface area contributed by atoms with Crippen LogP contribution in [0.25, 0.3) is 0 Å². The number of sulfonamides is 1. The summed E-state index contributed by atoms with van der Waals surface area (Å²) in [6.45, 7) is 5.04. The molecule has 3 rings (SSSR count). The molecule has 0 spiro atoms. The minimum atomic E-state index is -3.66. The molecule has 0 saturated carbocycles. The highest BCUT2D eigenvalue weighted by atomic mass is 32.2. The van der Waals surface area contributed by atoms with Crippen LogP contribution >= 0.6 is 0 Å². The summed E-state index contributed by atoms with van der Waals surface area (Å²) in [7, 11) is -2.26. The minimum absolute atomic E-state index is 0.0778. The van der Waals surface area contributed by atoms with Gasteiger partial charge < -0.3 is 0 Å². The first-order valence-electron chi connectivity index (χ1n) is 7.68. The summed E-state index contributed by atoms with van der Waals surface area (Å²) >= 11 is 0. The molecule has 0 aliphatic carbocycles. The zero-order valence-corrected chi connectivity index (χ0v) is 14.3. The third-order valence-electron chi connectivity index (χ3n) is 4.53. The highest BCUT2D eigenvalue weighted by Gasteiger charge is 2.36. The lowest BCUT2D eigenvalue weighted by atomic mass is 9.94. The van der Waals surface area contributed by atoms with Gasteiger partial charge in [0.2, 0.25) is 10.0 Å². The van der Waals surface area contributed by atoms with Crippen molar-refractivity contribution in [1.29, 1.82) is 0 Å². The van der Waals surface area contributed by atoms with E-state index in [1.54, 1.807) is 0 Å². The quantitative estimate of drug-likeness (QED) is 0.769. The fourth-order valence-electron chi connectivity index (χ4n) is 3.45. The van der Waals surface area contributed by atoms with Crippen LogP contribution in [0.4, 0.5) is 0 Å². The van der Waals surface area contributed by atoms with E-state index >= 15 is 0 Å². The molecule has 124 valence electrons. The summed E-state index contributed by atoms with van der Waals surface area (Å²) in [6, 6.07) is 4.18. The summed E-state index contributed by atoms with van der Waals surface area (Å²) in [5, 5.41) is 0. The van der Waals surface area contributed by atoms with Crippen LogP contribution in [0.1, 0.15) is 41.0 Å². The van der Waals surface area contributed by atoms with Gasteiger partial charge in [0.25, 0.3) is 11.8 Å². The summed E-state index contributed by atoms with van der Waals surface area (Å²) in [6.07, 6.45) is 1.01. The maximum Gasteiger partial charge on any atom is 0.261 e. The van der Waals surface area contributed by atoms with Gasteiger partial charge in [-0.1, -0.05) is 13.8 Å². The highest BCUT2D eigenvalue weighted by Crippen LogP contribution is 2.29. The van der Waals surface area contributed by atoms with E-state index in [0.717, 1.165) is 11.3 Å². The van der Waals surface area contributed by atoms with Crippen molar-refractivity contribution in [3.8, 4) is 0 Å². The molecule has 1 saturated heterocycles. The predicted molar refractivity (Wildman–Crippen MR) is 84.6 cm³/mol. The van der Waals surface area contributed by atoms with E-state index in [-0.39, 0.29) is 16.0 Å². The second-order valence-corrected chi connectivity index (χ2v) is 8.58. The molecule has 2 atom stereocenters. The largest absolute Gasteiger partial charge is 0.277 e. The molecule has 1 aromatic rings. The number of fused-ring (bicyclic) bond motifs is 1. The van der Waals surface area contributed by atoms with E-state index in [2.05, 4.69) is 0 Å². The fourth-order valence-corrected chi connectivity index (χ4v) is 5.16. The Labute approximate surface area is 136 Å². The molecule has 1 fully saturated rings. The Morgan fingerprint density at radius 3 is 2.17 bits per heavy atom. The number of hydrogen-bond donors (Lipinski definition) is 0. The van der Waals surface area contributed by atoms with E-state index in [0.29, 0.717) is 24.9 Å². The van der Waals surface area contributed by atoms with Crippen molar-refractivity contribution >= 4 is 21.8 Å². The monoisotopic (exact) mass is 336 g/mol. The van der Waals surface area contributed by atoms with Gasteiger partial charge in [-0.15, -0.1) is 0 Å². The van der Waals surface area contributed by atoms with Crippen LogP contribution in [0, 0.1) is 11.8 Å². The van der Waals surface area contributed by atoms with Crippen molar-refractivity contribution in [2.24, 2.45) is 11.8 Å². The first-order chi connectivity index (χ1) is 10.7. The number of carbonyl (C=O) groups excluding carboxylic acids is 2. The van der Waals surface area contributed by atoms with E-state index in [1.165, 1.54) is 29.6 Å². The van der Waals surface area contributed by atoms with Crippen LogP contribution in [-0.4, -0.2) is 49.6 Å². The third-order valence-corrected chi connectivity index (χ3v) is 6.36. The second-order valence-electron chi connectivity index (χ2n) is 6.64. The van der Waals surface area contributed by atoms with Crippen LogP contribution in [0.15, 0.2) is 23.1 Å². The second kappa shape index (κ2) is 5.42. The Morgan fingerprint density at radius 1 is 1.00 bits per heavy atom. The topological polar surface area (TPSA) is 74.8 Å². The van der Waals surface area contributed by atoms with Gasteiger partial charge in [-0.3, -0.25) is 14.5 Å². The molecule has 6 nitrogen and oxygen atoms in total. The van der Waals surface area contributed by atoms with Crippen molar-refractivity contribution in [2.75, 3.05) is 20.1 Å². The lowest BCUT2D eigenvalue weighted by Gasteiger charge is -2.34. The standard InChI is InChI=1S/C16H20N2O4S/c1-10-6-11(2)9-18(8-10)23(21,22)12-4-5-13-14(7-12)16(20)17(3)15(13)19/h4-5,7,10-11H,6,8-9H2,1-3H3. The lowest BCUT2D eigenvalue weighted by Crippen LogP contribution is -2.42. The molecule has 1 aromatic carbocycles. The highest BCUT2D eigenvalue weighted by molar-refractivity contribution is 7.89. The van der Waals surface area contributed by atoms with E-state index in [1.807, 2.05) is 13.8 Å². The SMILES string of the molecule is CC1CC(C)CN(S(=O)(=O)c2ccc3c(c2)C(=O)N(C)C3=O)C1. The normalized spacial score (nSPS) is 25.8. The molecule has 0 bridgehead atoms. The summed E-state index contributed by atoms with van der Waals surface area (Å²) in [5.41, 5.74) is 0.425. The molecule has 7 heteroatoms. The van der Waals surface area contributed by atoms with Gasteiger partial charge in [0, 0.05) is 20.1 Å². The van der Waals surface area contributed by atoms with Gasteiger partial charge in [-0.25, -0.2) is 8.42 Å². The molecule has 0 radical (unpaired) electrons. The Kier molecular flexibility index (Phi) is 3.80. The van der Waals surface area contributed by atoms with Gasteiger partial charge in [0.05, 0.1) is 16.0 Å². The number of carbonyl (C=O) groups is 2. The number of amides is 2. The summed E-state index contributed by atoms with van der Waals surface area (Å²) in [5.74, 6) is -0.244. The van der Waals surface area contributed by atoms with Gasteiger partial charge >= 0.3 is 0 Å². The first-order valence-corrected chi connectivity index (χ1v) is 9.12. The number of hydrogen-bond acceptors (Lipinski definition) is 4. The average molecular weight is 336 g/mol. The molecule has 2 unspecified atom stereocenters. The van der Waals surface area contributed by atoms with Crippen molar-refractivity contribution in [1.82, 2.24) is 9.21 Å². The Morgan fingerprint density at radius 2 is 1.57 bits per heavy atom. The first kappa shape index (κ1) is 16.1. The Hall–Kier alpha value is -1.73. The molecule has 23 heavy (non-hydrogen) atoms. The molecule has 2 aliphatic heterocycles. The predicted octanol–water partition coefficient (Wildman–Crippen LogP) is 1.58. The van der Waals surface area contributed by atoms with E-state index in [9.17, 15) is 18.0 Å². The van der Waals surface area contributed by atoms with Crippen LogP contribution in [0.2, 0.25) is 0 Å². The lowest BCUT2D eigenvalue weighted by molar-refractivity contribution is 0.0693. The Balaban J connectivity index is 1.99. The van der Waals surface area contributed by atoms with Crippen LogP contribution in [0.5, 0.6) is 0 Å². The van der Waals surface area contributed by atoms with Crippen LogP contribution in [-0.2, 0) is 10.0 Å². The molecule has 0 aromatic heterocycles. The molecule has 2 heterocycles. The average Bonchev–Trinajstić information content (AvgIpc) is 2.71. The van der Waals surface area contributed by atoms with Crippen molar-refractivity contribution in [2.45, 2.75) is 25.2 Å². The van der Waals surface area contributed by atoms with E-state index in [4.69, 9.17) is 0 Å². The maximum absolute atomic E-state index is 12.9. The van der Waals surface area contributed by atoms with Gasteiger partial charge in [0.1, 0.15) is 0 Å². The fraction of sp³-hybridized carbons (Fsp3) is 0.500. The summed E-state index contributed by atoms with van der Waals surface area (Å²) < 4.78 is 27.2. The molecular weight excluding hydrogens is 316 g/mol. The van der Waals surface area contributed by atoms with Gasteiger partial charge in [0.15, 0.2) is 0 Å². The molecular formula is C16H20N2O4S. The van der Waals surface area contributed by atoms with Crippen molar-refractivity contribution < 1.29 is 18.0 Å². The van der Waals surface area contributed by atoms with Crippen LogP contribution in [0.3, 0.4) is 0 Å². The smallest absolute Gasteiger partial charge is 0.261 e. The van der Waals surface area contributed by atoms with Crippen molar-refractivity contribution in [3.63, 3.8) is 0 Å². The number of imide groups is 1. The third kappa shape index (κ3) is 2.57. The number of rotatable bonds is 2. The maximum atomic E-state index is 12.9.